The van der Waals surface area contributed by atoms with Gasteiger partial charge in [0.2, 0.25) is 0 Å². The molecule has 31 heavy (non-hydrogen) atoms. The van der Waals surface area contributed by atoms with E-state index in [0.29, 0.717) is 11.8 Å². The fourth-order valence-corrected chi connectivity index (χ4v) is 8.24. The molecule has 0 amide bonds. The lowest BCUT2D eigenvalue weighted by molar-refractivity contribution is 0.635. The molecule has 0 aromatic carbocycles. The van der Waals surface area contributed by atoms with Crippen LogP contribution >= 0.6 is 31.9 Å². The van der Waals surface area contributed by atoms with Gasteiger partial charge in [0, 0.05) is 20.8 Å². The first-order valence-electron chi connectivity index (χ1n) is 12.1. The van der Waals surface area contributed by atoms with Crippen molar-refractivity contribution in [2.45, 2.75) is 71.6 Å². The molecular weight excluding hydrogens is 508 g/mol. The second-order valence-electron chi connectivity index (χ2n) is 10.1. The van der Waals surface area contributed by atoms with Gasteiger partial charge in [0.25, 0.3) is 0 Å². The molecule has 2 unspecified atom stereocenters. The van der Waals surface area contributed by atoms with Gasteiger partial charge in [-0.25, -0.2) is 0 Å². The lowest BCUT2D eigenvalue weighted by Crippen LogP contribution is -2.14. The van der Waals surface area contributed by atoms with Gasteiger partial charge in [-0.15, -0.1) is 0 Å². The highest BCUT2D eigenvalue weighted by molar-refractivity contribution is 9.12. The second kappa shape index (κ2) is 7.73. The minimum absolute atomic E-state index is 0.528. The van der Waals surface area contributed by atoms with Crippen LogP contribution in [0.1, 0.15) is 71.6 Å². The summed E-state index contributed by atoms with van der Waals surface area (Å²) in [7, 11) is 0. The Hall–Kier alpha value is -1.12. The molecule has 0 saturated heterocycles. The lowest BCUT2D eigenvalue weighted by atomic mass is 9.76. The highest BCUT2D eigenvalue weighted by Gasteiger charge is 2.36. The van der Waals surface area contributed by atoms with Gasteiger partial charge < -0.3 is 0 Å². The molecule has 0 saturated carbocycles. The zero-order chi connectivity index (χ0) is 21.3. The average Bonchev–Trinajstić information content (AvgIpc) is 3.26. The molecule has 0 aromatic rings. The Labute approximate surface area is 203 Å². The fraction of sp³-hybridized carbons (Fsp3) is 0.448. The van der Waals surface area contributed by atoms with Crippen LogP contribution in [-0.4, -0.2) is 0 Å². The normalized spacial score (nSPS) is 29.9. The van der Waals surface area contributed by atoms with Crippen molar-refractivity contribution in [2.75, 3.05) is 0 Å². The zero-order valence-corrected chi connectivity index (χ0v) is 21.8. The number of rotatable bonds is 2. The maximum Gasteiger partial charge on any atom is 0.0243 e. The van der Waals surface area contributed by atoms with E-state index in [1.54, 1.807) is 44.6 Å². The number of halogens is 2. The van der Waals surface area contributed by atoms with Crippen molar-refractivity contribution >= 4 is 31.9 Å². The maximum absolute atomic E-state index is 3.94. The fourth-order valence-electron chi connectivity index (χ4n) is 6.84. The van der Waals surface area contributed by atoms with Gasteiger partial charge in [0.15, 0.2) is 0 Å². The Bertz CT molecular complexity index is 1050. The molecule has 0 aliphatic heterocycles. The van der Waals surface area contributed by atoms with E-state index in [2.05, 4.69) is 70.0 Å². The summed E-state index contributed by atoms with van der Waals surface area (Å²) in [5, 5.41) is 0. The van der Waals surface area contributed by atoms with Crippen LogP contribution < -0.4 is 0 Å². The molecule has 0 bridgehead atoms. The molecule has 0 radical (unpaired) electrons. The minimum atomic E-state index is 0.528. The van der Waals surface area contributed by atoms with Gasteiger partial charge in [-0.1, -0.05) is 66.3 Å². The third kappa shape index (κ3) is 3.19. The van der Waals surface area contributed by atoms with Gasteiger partial charge in [-0.3, -0.25) is 0 Å². The van der Waals surface area contributed by atoms with Gasteiger partial charge >= 0.3 is 0 Å². The summed E-state index contributed by atoms with van der Waals surface area (Å²) in [6, 6.07) is 0. The number of allylic oxidation sites excluding steroid dienone is 16. The van der Waals surface area contributed by atoms with E-state index in [1.165, 1.54) is 71.5 Å². The smallest absolute Gasteiger partial charge is 0.0243 e. The molecule has 2 heteroatoms. The molecule has 0 fully saturated rings. The summed E-state index contributed by atoms with van der Waals surface area (Å²) < 4.78 is 2.70. The van der Waals surface area contributed by atoms with E-state index < -0.39 is 0 Å². The third-order valence-corrected chi connectivity index (χ3v) is 9.83. The highest BCUT2D eigenvalue weighted by atomic mass is 79.9. The molecule has 6 rings (SSSR count). The standard InChI is InChI=1S/C29H30Br2/c1-16-11-24-18-7-3-5-9-20(18)28(30)14-26(24)22(16)13-23-17(2)12-25-19-8-4-6-10-21(19)29(31)15-27(23)25/h11-12,14-15,24-25H,3-10,13H2,1-2H3. The maximum atomic E-state index is 3.94. The Kier molecular flexibility index (Phi) is 5.11. The first-order valence-corrected chi connectivity index (χ1v) is 13.6. The van der Waals surface area contributed by atoms with Crippen molar-refractivity contribution in [3.63, 3.8) is 0 Å². The molecule has 2 atom stereocenters. The second-order valence-corrected chi connectivity index (χ2v) is 11.8. The van der Waals surface area contributed by atoms with Gasteiger partial charge in [-0.05, 0) is 117 Å². The molecule has 0 spiro atoms. The lowest BCUT2D eigenvalue weighted by Gasteiger charge is -2.30. The molecule has 0 heterocycles. The van der Waals surface area contributed by atoms with Crippen LogP contribution in [0.15, 0.2) is 89.0 Å². The van der Waals surface area contributed by atoms with E-state index in [-0.39, 0.29) is 0 Å². The third-order valence-electron chi connectivity index (χ3n) is 8.42. The van der Waals surface area contributed by atoms with E-state index in [9.17, 15) is 0 Å². The number of hydrogen-bond acceptors (Lipinski definition) is 0. The monoisotopic (exact) mass is 536 g/mol. The van der Waals surface area contributed by atoms with E-state index in [1.807, 2.05) is 0 Å². The minimum Gasteiger partial charge on any atom is -0.0697 e. The average molecular weight is 538 g/mol. The Morgan fingerprint density at radius 3 is 1.55 bits per heavy atom. The number of fused-ring (bicyclic) bond motifs is 4. The van der Waals surface area contributed by atoms with Gasteiger partial charge in [0.1, 0.15) is 0 Å². The van der Waals surface area contributed by atoms with Crippen LogP contribution in [0.4, 0.5) is 0 Å². The van der Waals surface area contributed by atoms with E-state index in [0.717, 1.165) is 6.42 Å². The quantitative estimate of drug-likeness (QED) is 0.329. The zero-order valence-electron chi connectivity index (χ0n) is 18.6. The van der Waals surface area contributed by atoms with Gasteiger partial charge in [-0.2, -0.15) is 0 Å². The van der Waals surface area contributed by atoms with Crippen LogP contribution in [0.5, 0.6) is 0 Å². The van der Waals surface area contributed by atoms with Crippen molar-refractivity contribution in [2.24, 2.45) is 11.8 Å². The Balaban J connectivity index is 1.41. The summed E-state index contributed by atoms with van der Waals surface area (Å²) in [6.07, 6.45) is 21.5. The summed E-state index contributed by atoms with van der Waals surface area (Å²) >= 11 is 7.88. The summed E-state index contributed by atoms with van der Waals surface area (Å²) in [5.41, 5.74) is 15.8. The van der Waals surface area contributed by atoms with Crippen molar-refractivity contribution < 1.29 is 0 Å². The molecule has 6 aliphatic carbocycles. The van der Waals surface area contributed by atoms with Crippen molar-refractivity contribution in [3.05, 3.63) is 89.0 Å². The first kappa shape index (κ1) is 20.5. The van der Waals surface area contributed by atoms with Crippen LogP contribution in [0.2, 0.25) is 0 Å². The molecular formula is C29H30Br2. The summed E-state index contributed by atoms with van der Waals surface area (Å²) in [4.78, 5) is 0. The first-order chi connectivity index (χ1) is 15.0. The Morgan fingerprint density at radius 1 is 0.677 bits per heavy atom. The SMILES string of the molecule is CC1=CC2C(=C1CC1=C3C=C(Br)C4=C(CCCC4)C3C=C1C)C=C(Br)C1=C2CCCC1. The van der Waals surface area contributed by atoms with Crippen molar-refractivity contribution in [1.29, 1.82) is 0 Å². The van der Waals surface area contributed by atoms with Crippen LogP contribution in [0.25, 0.3) is 0 Å². The molecule has 0 N–H and O–H groups in total. The molecule has 160 valence electrons. The molecule has 0 aromatic heterocycles. The van der Waals surface area contributed by atoms with Crippen LogP contribution in [0, 0.1) is 11.8 Å². The predicted molar refractivity (Wildman–Crippen MR) is 138 cm³/mol. The van der Waals surface area contributed by atoms with Gasteiger partial charge in [0.05, 0.1) is 0 Å². The predicted octanol–water partition coefficient (Wildman–Crippen LogP) is 9.45. The van der Waals surface area contributed by atoms with Crippen LogP contribution in [-0.2, 0) is 0 Å². The van der Waals surface area contributed by atoms with Crippen molar-refractivity contribution in [1.82, 2.24) is 0 Å². The molecule has 6 aliphatic rings. The molecule has 0 nitrogen and oxygen atoms in total. The summed E-state index contributed by atoms with van der Waals surface area (Å²) in [6.45, 7) is 4.69. The van der Waals surface area contributed by atoms with Crippen LogP contribution in [0.3, 0.4) is 0 Å². The van der Waals surface area contributed by atoms with E-state index in [4.69, 9.17) is 0 Å². The topological polar surface area (TPSA) is 0 Å². The van der Waals surface area contributed by atoms with E-state index >= 15 is 0 Å². The largest absolute Gasteiger partial charge is 0.0697 e. The number of hydrogen-bond donors (Lipinski definition) is 0. The van der Waals surface area contributed by atoms with Crippen molar-refractivity contribution in [3.8, 4) is 0 Å². The summed E-state index contributed by atoms with van der Waals surface area (Å²) in [5.74, 6) is 1.06. The Morgan fingerprint density at radius 2 is 1.10 bits per heavy atom. The highest BCUT2D eigenvalue weighted by Crippen LogP contribution is 2.53.